The van der Waals surface area contributed by atoms with Crippen LogP contribution in [0.4, 0.5) is 0 Å². The molecule has 4 heteroatoms. The zero-order chi connectivity index (χ0) is 15.0. The number of hydrogen-bond acceptors (Lipinski definition) is 4. The minimum Gasteiger partial charge on any atom is -0.423 e. The van der Waals surface area contributed by atoms with Gasteiger partial charge in [-0.15, -0.1) is 0 Å². The van der Waals surface area contributed by atoms with Crippen molar-refractivity contribution in [3.8, 4) is 0 Å². The second kappa shape index (κ2) is 5.62. The largest absolute Gasteiger partial charge is 0.423 e. The molecule has 1 N–H and O–H groups in total. The molecule has 112 valence electrons. The molecule has 3 rings (SSSR count). The Morgan fingerprint density at radius 1 is 1.29 bits per heavy atom. The fraction of sp³-hybridized carbons (Fsp3) is 0.471. The van der Waals surface area contributed by atoms with E-state index in [0.29, 0.717) is 12.1 Å². The van der Waals surface area contributed by atoms with Crippen LogP contribution in [0.25, 0.3) is 11.0 Å². The molecule has 1 aliphatic carbocycles. The summed E-state index contributed by atoms with van der Waals surface area (Å²) < 4.78 is 5.37. The molecule has 0 radical (unpaired) electrons. The molecule has 1 unspecified atom stereocenters. The lowest BCUT2D eigenvalue weighted by Crippen LogP contribution is -2.31. The highest BCUT2D eigenvalue weighted by atomic mass is 16.4. The molecule has 21 heavy (non-hydrogen) atoms. The molecule has 0 aliphatic heterocycles. The lowest BCUT2D eigenvalue weighted by atomic mass is 10.0. The van der Waals surface area contributed by atoms with Crippen LogP contribution in [0.3, 0.4) is 0 Å². The zero-order valence-corrected chi connectivity index (χ0v) is 12.6. The molecule has 0 fully saturated rings. The predicted octanol–water partition coefficient (Wildman–Crippen LogP) is 2.09. The van der Waals surface area contributed by atoms with Crippen molar-refractivity contribution < 1.29 is 9.52 Å². The molecule has 4 nitrogen and oxygen atoms in total. The van der Waals surface area contributed by atoms with E-state index in [4.69, 9.17) is 4.42 Å². The number of aliphatic hydroxyl groups excluding tert-OH is 1. The van der Waals surface area contributed by atoms with Crippen LogP contribution in [0.15, 0.2) is 27.4 Å². The van der Waals surface area contributed by atoms with Gasteiger partial charge in [-0.05, 0) is 62.1 Å². The summed E-state index contributed by atoms with van der Waals surface area (Å²) in [4.78, 5) is 13.8. The lowest BCUT2D eigenvalue weighted by molar-refractivity contribution is 0.154. The Hall–Kier alpha value is -1.65. The molecule has 1 aromatic carbocycles. The third-order valence-corrected chi connectivity index (χ3v) is 4.48. The number of likely N-dealkylation sites (N-methyl/N-ethyl adjacent to an activating group) is 1. The molecule has 0 saturated carbocycles. The quantitative estimate of drug-likeness (QED) is 0.875. The Kier molecular flexibility index (Phi) is 3.83. The molecular formula is C17H21NO3. The summed E-state index contributed by atoms with van der Waals surface area (Å²) in [6.45, 7) is 2.69. The van der Waals surface area contributed by atoms with Gasteiger partial charge in [0.05, 0.1) is 6.61 Å². The van der Waals surface area contributed by atoms with Crippen molar-refractivity contribution in [2.75, 3.05) is 13.7 Å². The maximum atomic E-state index is 11.8. The van der Waals surface area contributed by atoms with E-state index < -0.39 is 0 Å². The summed E-state index contributed by atoms with van der Waals surface area (Å²) in [5, 5.41) is 10.3. The number of rotatable bonds is 4. The van der Waals surface area contributed by atoms with Gasteiger partial charge in [0, 0.05) is 24.0 Å². The van der Waals surface area contributed by atoms with Crippen LogP contribution in [-0.4, -0.2) is 29.7 Å². The number of hydrogen-bond donors (Lipinski definition) is 1. The van der Waals surface area contributed by atoms with E-state index in [2.05, 4.69) is 6.07 Å². The average molecular weight is 287 g/mol. The Bertz CT molecular complexity index is 720. The van der Waals surface area contributed by atoms with E-state index >= 15 is 0 Å². The van der Waals surface area contributed by atoms with Gasteiger partial charge in [-0.3, -0.25) is 4.90 Å². The van der Waals surface area contributed by atoms with Gasteiger partial charge in [0.25, 0.3) is 0 Å². The summed E-state index contributed by atoms with van der Waals surface area (Å²) in [7, 11) is 1.95. The number of nitrogens with zero attached hydrogens (tertiary/aromatic N) is 1. The molecule has 1 aromatic heterocycles. The fourth-order valence-corrected chi connectivity index (χ4v) is 2.99. The molecule has 0 spiro atoms. The van der Waals surface area contributed by atoms with E-state index in [1.807, 2.05) is 24.9 Å². The number of fused-ring (bicyclic) bond motifs is 2. The SMILES string of the molecule is CC(CO)N(C)Cc1cc(=O)oc2cc3c(cc12)CCC3. The first kappa shape index (κ1) is 14.3. The third-order valence-electron chi connectivity index (χ3n) is 4.48. The van der Waals surface area contributed by atoms with Gasteiger partial charge in [0.2, 0.25) is 0 Å². The van der Waals surface area contributed by atoms with Crippen LogP contribution in [0.2, 0.25) is 0 Å². The first-order valence-electron chi connectivity index (χ1n) is 7.48. The number of benzene rings is 1. The smallest absolute Gasteiger partial charge is 0.336 e. The van der Waals surface area contributed by atoms with E-state index in [9.17, 15) is 9.90 Å². The molecule has 0 saturated heterocycles. The molecule has 1 heterocycles. The Labute approximate surface area is 124 Å². The van der Waals surface area contributed by atoms with Crippen molar-refractivity contribution in [2.24, 2.45) is 0 Å². The van der Waals surface area contributed by atoms with Crippen molar-refractivity contribution in [3.63, 3.8) is 0 Å². The summed E-state index contributed by atoms with van der Waals surface area (Å²) in [5.41, 5.74) is 4.03. The van der Waals surface area contributed by atoms with Crippen LogP contribution in [0.1, 0.15) is 30.0 Å². The van der Waals surface area contributed by atoms with Crippen LogP contribution in [0, 0.1) is 0 Å². The molecule has 1 aliphatic rings. The minimum absolute atomic E-state index is 0.0572. The Morgan fingerprint density at radius 2 is 2.00 bits per heavy atom. The Balaban J connectivity index is 2.07. The van der Waals surface area contributed by atoms with E-state index in [1.54, 1.807) is 6.07 Å². The highest BCUT2D eigenvalue weighted by Crippen LogP contribution is 2.29. The van der Waals surface area contributed by atoms with Crippen LogP contribution in [0.5, 0.6) is 0 Å². The highest BCUT2D eigenvalue weighted by molar-refractivity contribution is 5.82. The van der Waals surface area contributed by atoms with Gasteiger partial charge in [-0.1, -0.05) is 0 Å². The predicted molar refractivity (Wildman–Crippen MR) is 82.5 cm³/mol. The number of aliphatic hydroxyl groups is 1. The maximum Gasteiger partial charge on any atom is 0.336 e. The minimum atomic E-state index is -0.305. The van der Waals surface area contributed by atoms with Gasteiger partial charge in [0.15, 0.2) is 0 Å². The van der Waals surface area contributed by atoms with Crippen molar-refractivity contribution >= 4 is 11.0 Å². The van der Waals surface area contributed by atoms with Gasteiger partial charge in [0.1, 0.15) is 5.58 Å². The summed E-state index contributed by atoms with van der Waals surface area (Å²) >= 11 is 0. The van der Waals surface area contributed by atoms with Crippen molar-refractivity contribution in [1.82, 2.24) is 4.90 Å². The average Bonchev–Trinajstić information content (AvgIpc) is 2.91. The topological polar surface area (TPSA) is 53.7 Å². The number of aryl methyl sites for hydroxylation is 2. The van der Waals surface area contributed by atoms with Crippen LogP contribution < -0.4 is 5.63 Å². The first-order chi connectivity index (χ1) is 10.1. The van der Waals surface area contributed by atoms with Crippen LogP contribution in [-0.2, 0) is 19.4 Å². The zero-order valence-electron chi connectivity index (χ0n) is 12.6. The summed E-state index contributed by atoms with van der Waals surface area (Å²) in [6.07, 6.45) is 3.35. The first-order valence-corrected chi connectivity index (χ1v) is 7.48. The normalized spacial score (nSPS) is 15.6. The third kappa shape index (κ3) is 2.74. The van der Waals surface area contributed by atoms with Crippen molar-refractivity contribution in [3.05, 3.63) is 45.3 Å². The van der Waals surface area contributed by atoms with Gasteiger partial charge in [-0.2, -0.15) is 0 Å². The Morgan fingerprint density at radius 3 is 2.71 bits per heavy atom. The molecule has 1 atom stereocenters. The summed E-state index contributed by atoms with van der Waals surface area (Å²) in [5.74, 6) is 0. The maximum absolute atomic E-state index is 11.8. The second-order valence-corrected chi connectivity index (χ2v) is 6.01. The van der Waals surface area contributed by atoms with E-state index in [-0.39, 0.29) is 18.3 Å². The molecule has 0 bridgehead atoms. The molecule has 0 amide bonds. The van der Waals surface area contributed by atoms with E-state index in [0.717, 1.165) is 23.8 Å². The standard InChI is InChI=1S/C17H21NO3/c1-11(10-19)18(2)9-14-8-17(20)21-16-7-13-5-3-4-12(13)6-15(14)16/h6-8,11,19H,3-5,9-10H2,1-2H3. The molecule has 2 aromatic rings. The highest BCUT2D eigenvalue weighted by Gasteiger charge is 2.16. The second-order valence-electron chi connectivity index (χ2n) is 6.01. The monoisotopic (exact) mass is 287 g/mol. The van der Waals surface area contributed by atoms with Gasteiger partial charge in [-0.25, -0.2) is 4.79 Å². The molecular weight excluding hydrogens is 266 g/mol. The van der Waals surface area contributed by atoms with Crippen LogP contribution >= 0.6 is 0 Å². The van der Waals surface area contributed by atoms with Gasteiger partial charge >= 0.3 is 5.63 Å². The fourth-order valence-electron chi connectivity index (χ4n) is 2.99. The van der Waals surface area contributed by atoms with E-state index in [1.165, 1.54) is 17.5 Å². The van der Waals surface area contributed by atoms with Crippen molar-refractivity contribution in [1.29, 1.82) is 0 Å². The van der Waals surface area contributed by atoms with Crippen molar-refractivity contribution in [2.45, 2.75) is 38.8 Å². The van der Waals surface area contributed by atoms with Gasteiger partial charge < -0.3 is 9.52 Å². The summed E-state index contributed by atoms with van der Waals surface area (Å²) in [6, 6.07) is 5.83. The lowest BCUT2D eigenvalue weighted by Gasteiger charge is -2.23.